The van der Waals surface area contributed by atoms with Crippen molar-refractivity contribution in [3.05, 3.63) is 65.2 Å². The maximum absolute atomic E-state index is 12.6. The highest BCUT2D eigenvalue weighted by Gasteiger charge is 2.22. The van der Waals surface area contributed by atoms with Gasteiger partial charge >= 0.3 is 0 Å². The van der Waals surface area contributed by atoms with Gasteiger partial charge in [0.25, 0.3) is 0 Å². The highest BCUT2D eigenvalue weighted by atomic mass is 32.2. The lowest BCUT2D eigenvalue weighted by atomic mass is 10.0. The second-order valence-corrected chi connectivity index (χ2v) is 9.36. The van der Waals surface area contributed by atoms with E-state index in [2.05, 4.69) is 19.2 Å². The minimum atomic E-state index is -3.59. The van der Waals surface area contributed by atoms with Crippen molar-refractivity contribution in [3.63, 3.8) is 0 Å². The summed E-state index contributed by atoms with van der Waals surface area (Å²) < 4.78 is 25.7. The van der Waals surface area contributed by atoms with Crippen LogP contribution >= 0.6 is 0 Å². The Morgan fingerprint density at radius 3 is 2.00 bits per heavy atom. The molecule has 0 bridgehead atoms. The summed E-state index contributed by atoms with van der Waals surface area (Å²) in [5, 5.41) is 2.96. The van der Waals surface area contributed by atoms with E-state index in [1.54, 1.807) is 12.1 Å². The summed E-state index contributed by atoms with van der Waals surface area (Å²) in [4.78, 5) is 12.6. The first kappa shape index (κ1) is 22.0. The molecular formula is C22H30N2O3S. The number of anilines is 1. The van der Waals surface area contributed by atoms with E-state index in [4.69, 9.17) is 0 Å². The third kappa shape index (κ3) is 5.83. The number of benzene rings is 2. The zero-order chi connectivity index (χ0) is 20.9. The molecule has 0 saturated carbocycles. The average Bonchev–Trinajstić information content (AvgIpc) is 2.64. The molecule has 28 heavy (non-hydrogen) atoms. The molecule has 1 amide bonds. The van der Waals surface area contributed by atoms with Gasteiger partial charge < -0.3 is 5.32 Å². The maximum atomic E-state index is 12.6. The molecule has 152 valence electrons. The van der Waals surface area contributed by atoms with Crippen molar-refractivity contribution >= 4 is 21.6 Å². The van der Waals surface area contributed by atoms with E-state index in [0.29, 0.717) is 11.6 Å². The highest BCUT2D eigenvalue weighted by molar-refractivity contribution is 7.92. The number of hydrogen-bond acceptors (Lipinski definition) is 3. The number of nitrogens with zero attached hydrogens (tertiary/aromatic N) is 1. The molecule has 0 heterocycles. The van der Waals surface area contributed by atoms with Crippen LogP contribution in [0.3, 0.4) is 0 Å². The number of carbonyl (C=O) groups is 1. The Kier molecular flexibility index (Phi) is 7.24. The summed E-state index contributed by atoms with van der Waals surface area (Å²) in [6, 6.07) is 15.1. The third-order valence-electron chi connectivity index (χ3n) is 4.76. The molecule has 2 aromatic rings. The number of amides is 1. The molecule has 2 aromatic carbocycles. The smallest absolute Gasteiger partial charge is 0.241 e. The minimum Gasteiger partial charge on any atom is -0.348 e. The SMILES string of the molecule is CC[C@@H](NC(=O)CN(c1ccc(C(C)C)cc1)S(C)(=O)=O)c1ccc(C)cc1. The molecule has 5 nitrogen and oxygen atoms in total. The van der Waals surface area contributed by atoms with Gasteiger partial charge in [-0.05, 0) is 42.5 Å². The first-order chi connectivity index (χ1) is 13.1. The van der Waals surface area contributed by atoms with Crippen molar-refractivity contribution in [1.82, 2.24) is 5.32 Å². The molecule has 2 rings (SSSR count). The maximum Gasteiger partial charge on any atom is 0.241 e. The molecule has 0 aromatic heterocycles. The average molecular weight is 403 g/mol. The normalized spacial score (nSPS) is 12.6. The van der Waals surface area contributed by atoms with E-state index < -0.39 is 10.0 Å². The molecule has 0 aliphatic carbocycles. The van der Waals surface area contributed by atoms with Gasteiger partial charge in [-0.25, -0.2) is 8.42 Å². The van der Waals surface area contributed by atoms with E-state index in [1.165, 1.54) is 0 Å². The molecular weight excluding hydrogens is 372 g/mol. The number of aryl methyl sites for hydroxylation is 1. The Morgan fingerprint density at radius 1 is 1.00 bits per heavy atom. The molecule has 0 spiro atoms. The number of carbonyl (C=O) groups excluding carboxylic acids is 1. The second kappa shape index (κ2) is 9.24. The topological polar surface area (TPSA) is 66.5 Å². The Balaban J connectivity index is 2.17. The lowest BCUT2D eigenvalue weighted by Crippen LogP contribution is -2.41. The Morgan fingerprint density at radius 2 is 1.54 bits per heavy atom. The van der Waals surface area contributed by atoms with Gasteiger partial charge in [-0.2, -0.15) is 0 Å². The lowest BCUT2D eigenvalue weighted by molar-refractivity contribution is -0.120. The van der Waals surface area contributed by atoms with Gasteiger partial charge in [0, 0.05) is 0 Å². The first-order valence-corrected chi connectivity index (χ1v) is 11.4. The van der Waals surface area contributed by atoms with E-state index in [1.807, 2.05) is 50.2 Å². The zero-order valence-corrected chi connectivity index (χ0v) is 18.1. The summed E-state index contributed by atoms with van der Waals surface area (Å²) in [6.45, 7) is 7.91. The van der Waals surface area contributed by atoms with Gasteiger partial charge in [0.15, 0.2) is 0 Å². The first-order valence-electron chi connectivity index (χ1n) is 9.55. The number of rotatable bonds is 8. The fourth-order valence-corrected chi connectivity index (χ4v) is 3.87. The van der Waals surface area contributed by atoms with E-state index in [-0.39, 0.29) is 18.5 Å². The van der Waals surface area contributed by atoms with Crippen LogP contribution in [0.2, 0.25) is 0 Å². The molecule has 0 unspecified atom stereocenters. The predicted octanol–water partition coefficient (Wildman–Crippen LogP) is 4.15. The fraction of sp³-hybridized carbons (Fsp3) is 0.409. The van der Waals surface area contributed by atoms with E-state index in [9.17, 15) is 13.2 Å². The van der Waals surface area contributed by atoms with Crippen molar-refractivity contribution in [3.8, 4) is 0 Å². The minimum absolute atomic E-state index is 0.155. The molecule has 0 fully saturated rings. The van der Waals surface area contributed by atoms with Crippen LogP contribution in [0.4, 0.5) is 5.69 Å². The van der Waals surface area contributed by atoms with Gasteiger partial charge in [-0.15, -0.1) is 0 Å². The molecule has 0 aliphatic rings. The summed E-state index contributed by atoms with van der Waals surface area (Å²) in [6.07, 6.45) is 1.84. The van der Waals surface area contributed by atoms with Gasteiger partial charge in [0.05, 0.1) is 18.0 Å². The van der Waals surface area contributed by atoms with E-state index in [0.717, 1.165) is 33.7 Å². The monoisotopic (exact) mass is 402 g/mol. The van der Waals surface area contributed by atoms with Crippen LogP contribution in [0.5, 0.6) is 0 Å². The van der Waals surface area contributed by atoms with Crippen LogP contribution in [0.25, 0.3) is 0 Å². The van der Waals surface area contributed by atoms with Crippen molar-refractivity contribution < 1.29 is 13.2 Å². The van der Waals surface area contributed by atoms with Gasteiger partial charge in [0.2, 0.25) is 15.9 Å². The van der Waals surface area contributed by atoms with Crippen LogP contribution in [0.15, 0.2) is 48.5 Å². The predicted molar refractivity (Wildman–Crippen MR) is 115 cm³/mol. The standard InChI is InChI=1S/C22H30N2O3S/c1-6-21(19-9-7-17(4)8-10-19)23-22(25)15-24(28(5,26)27)20-13-11-18(12-14-20)16(2)3/h7-14,16,21H,6,15H2,1-5H3,(H,23,25)/t21-/m1/s1. The quantitative estimate of drug-likeness (QED) is 0.721. The van der Waals surface area contributed by atoms with Crippen molar-refractivity contribution in [2.24, 2.45) is 0 Å². The van der Waals surface area contributed by atoms with Crippen molar-refractivity contribution in [2.75, 3.05) is 17.1 Å². The second-order valence-electron chi connectivity index (χ2n) is 7.45. The summed E-state index contributed by atoms with van der Waals surface area (Å²) in [5.41, 5.74) is 3.77. The summed E-state index contributed by atoms with van der Waals surface area (Å²) in [7, 11) is -3.59. The molecule has 0 radical (unpaired) electrons. The Labute approximate surface area is 168 Å². The molecule has 6 heteroatoms. The lowest BCUT2D eigenvalue weighted by Gasteiger charge is -2.24. The number of nitrogens with one attached hydrogen (secondary N) is 1. The van der Waals surface area contributed by atoms with Crippen LogP contribution in [-0.4, -0.2) is 27.1 Å². The molecule has 0 aliphatic heterocycles. The van der Waals surface area contributed by atoms with Crippen LogP contribution in [0, 0.1) is 6.92 Å². The Hall–Kier alpha value is -2.34. The van der Waals surface area contributed by atoms with Gasteiger partial charge in [0.1, 0.15) is 6.54 Å². The summed E-state index contributed by atoms with van der Waals surface area (Å²) in [5.74, 6) is 0.0228. The third-order valence-corrected chi connectivity index (χ3v) is 5.90. The highest BCUT2D eigenvalue weighted by Crippen LogP contribution is 2.22. The zero-order valence-electron chi connectivity index (χ0n) is 17.3. The van der Waals surface area contributed by atoms with Crippen molar-refractivity contribution in [2.45, 2.75) is 46.1 Å². The van der Waals surface area contributed by atoms with Gasteiger partial charge in [-0.1, -0.05) is 62.7 Å². The van der Waals surface area contributed by atoms with Crippen LogP contribution in [0.1, 0.15) is 55.8 Å². The fourth-order valence-electron chi connectivity index (χ4n) is 3.02. The molecule has 1 atom stereocenters. The molecule has 1 N–H and O–H groups in total. The van der Waals surface area contributed by atoms with E-state index >= 15 is 0 Å². The van der Waals surface area contributed by atoms with Crippen LogP contribution < -0.4 is 9.62 Å². The molecule has 0 saturated heterocycles. The van der Waals surface area contributed by atoms with Crippen LogP contribution in [-0.2, 0) is 14.8 Å². The number of hydrogen-bond donors (Lipinski definition) is 1. The Bertz CT molecular complexity index is 888. The summed E-state index contributed by atoms with van der Waals surface area (Å²) >= 11 is 0. The van der Waals surface area contributed by atoms with Crippen molar-refractivity contribution in [1.29, 1.82) is 0 Å². The largest absolute Gasteiger partial charge is 0.348 e. The number of sulfonamides is 1. The van der Waals surface area contributed by atoms with Gasteiger partial charge in [-0.3, -0.25) is 9.10 Å².